The van der Waals surface area contributed by atoms with Gasteiger partial charge < -0.3 is 18.9 Å². The van der Waals surface area contributed by atoms with Crippen molar-refractivity contribution in [2.45, 2.75) is 148 Å². The van der Waals surface area contributed by atoms with Gasteiger partial charge in [-0.3, -0.25) is 18.6 Å². The number of esters is 2. The van der Waals surface area contributed by atoms with E-state index in [-0.39, 0.29) is 25.6 Å². The summed E-state index contributed by atoms with van der Waals surface area (Å²) in [5.74, 6) is -0.801. The quantitative estimate of drug-likeness (QED) is 0.0370. The predicted molar refractivity (Wildman–Crippen MR) is 169 cm³/mol. The predicted octanol–water partition coefficient (Wildman–Crippen LogP) is 8.12. The lowest BCUT2D eigenvalue weighted by Crippen LogP contribution is -2.37. The molecule has 0 rings (SSSR count). The number of hydrogen-bond donors (Lipinski definition) is 1. The third-order valence-electron chi connectivity index (χ3n) is 7.14. The molecule has 0 heterocycles. The fourth-order valence-electron chi connectivity index (χ4n) is 4.42. The minimum absolute atomic E-state index is 0.0358. The van der Waals surface area contributed by atoms with Gasteiger partial charge in [-0.15, -0.1) is 0 Å². The molecule has 0 aromatic heterocycles. The van der Waals surface area contributed by atoms with Gasteiger partial charge in [-0.1, -0.05) is 117 Å². The molecule has 42 heavy (non-hydrogen) atoms. The summed E-state index contributed by atoms with van der Waals surface area (Å²) in [5, 5.41) is 0. The van der Waals surface area contributed by atoms with Gasteiger partial charge in [-0.25, -0.2) is 4.57 Å². The van der Waals surface area contributed by atoms with E-state index in [1.165, 1.54) is 77.0 Å². The van der Waals surface area contributed by atoms with Gasteiger partial charge >= 0.3 is 19.8 Å². The molecule has 2 unspecified atom stereocenters. The second-order valence-corrected chi connectivity index (χ2v) is 14.0. The molecule has 0 aliphatic carbocycles. The molecule has 0 saturated carbocycles. The Morgan fingerprint density at radius 2 is 1.07 bits per heavy atom. The molecule has 0 fully saturated rings. The second-order valence-electron chi connectivity index (χ2n) is 12.6. The summed E-state index contributed by atoms with van der Waals surface area (Å²) >= 11 is 0. The van der Waals surface area contributed by atoms with Crippen LogP contribution >= 0.6 is 7.82 Å². The van der Waals surface area contributed by atoms with Crippen molar-refractivity contribution in [3.05, 3.63) is 0 Å². The molecule has 0 saturated heterocycles. The normalized spacial score (nSPS) is 14.0. The van der Waals surface area contributed by atoms with E-state index in [4.69, 9.17) is 18.5 Å². The van der Waals surface area contributed by atoms with Crippen LogP contribution in [0, 0.1) is 0 Å². The first-order valence-corrected chi connectivity index (χ1v) is 18.3. The fourth-order valence-corrected chi connectivity index (χ4v) is 5.17. The molecule has 9 nitrogen and oxygen atoms in total. The highest BCUT2D eigenvalue weighted by Crippen LogP contribution is 2.43. The number of ether oxygens (including phenoxy) is 2. The third-order valence-corrected chi connectivity index (χ3v) is 8.12. The van der Waals surface area contributed by atoms with E-state index in [0.717, 1.165) is 32.1 Å². The molecule has 0 aromatic rings. The summed E-state index contributed by atoms with van der Waals surface area (Å²) in [5.41, 5.74) is 0. The highest BCUT2D eigenvalue weighted by atomic mass is 31.2. The number of phosphoric ester groups is 1. The van der Waals surface area contributed by atoms with Crippen LogP contribution in [0.5, 0.6) is 0 Å². The molecular formula is C32H65NO8P+. The molecule has 250 valence electrons. The molecule has 0 amide bonds. The van der Waals surface area contributed by atoms with E-state index < -0.39 is 26.5 Å². The Bertz CT molecular complexity index is 713. The maximum Gasteiger partial charge on any atom is 0.472 e. The van der Waals surface area contributed by atoms with Gasteiger partial charge in [0, 0.05) is 12.8 Å². The molecule has 0 aliphatic heterocycles. The molecule has 0 bridgehead atoms. The molecule has 2 atom stereocenters. The number of carbonyl (C=O) groups is 2. The first-order valence-electron chi connectivity index (χ1n) is 16.8. The summed E-state index contributed by atoms with van der Waals surface area (Å²) < 4.78 is 33.9. The van der Waals surface area contributed by atoms with Crippen LogP contribution in [-0.4, -0.2) is 74.9 Å². The zero-order valence-corrected chi connectivity index (χ0v) is 28.6. The largest absolute Gasteiger partial charge is 0.472 e. The van der Waals surface area contributed by atoms with E-state index in [1.54, 1.807) is 0 Å². The summed E-state index contributed by atoms with van der Waals surface area (Å²) in [4.78, 5) is 34.8. The molecule has 0 radical (unpaired) electrons. The maximum atomic E-state index is 12.5. The number of rotatable bonds is 30. The van der Waals surface area contributed by atoms with Crippen LogP contribution in [0.25, 0.3) is 0 Å². The van der Waals surface area contributed by atoms with E-state index in [0.29, 0.717) is 23.9 Å². The van der Waals surface area contributed by atoms with Gasteiger partial charge in [0.05, 0.1) is 27.7 Å². The van der Waals surface area contributed by atoms with E-state index in [2.05, 4.69) is 13.8 Å². The number of phosphoric acid groups is 1. The van der Waals surface area contributed by atoms with Crippen molar-refractivity contribution < 1.29 is 42.1 Å². The molecule has 0 spiro atoms. The van der Waals surface area contributed by atoms with Crippen LogP contribution in [0.15, 0.2) is 0 Å². The van der Waals surface area contributed by atoms with Crippen LogP contribution in [0.3, 0.4) is 0 Å². The van der Waals surface area contributed by atoms with Gasteiger partial charge in [-0.2, -0.15) is 0 Å². The van der Waals surface area contributed by atoms with Crippen molar-refractivity contribution in [3.8, 4) is 0 Å². The first-order chi connectivity index (χ1) is 20.0. The average Bonchev–Trinajstić information content (AvgIpc) is 2.92. The Kier molecular flexibility index (Phi) is 25.8. The van der Waals surface area contributed by atoms with Crippen LogP contribution < -0.4 is 0 Å². The van der Waals surface area contributed by atoms with Gasteiger partial charge in [0.15, 0.2) is 6.10 Å². The van der Waals surface area contributed by atoms with Crippen LogP contribution in [0.2, 0.25) is 0 Å². The Morgan fingerprint density at radius 1 is 0.643 bits per heavy atom. The standard InChI is InChI=1S/C32H64NO8P/c1-6-8-10-12-14-16-18-20-22-24-31(34)38-28-30(29-40-42(36,37)39-27-26-33(3,4)5)41-32(35)25-23-21-19-17-15-13-11-9-7-2/h30H,6-29H2,1-5H3/p+1. The van der Waals surface area contributed by atoms with Crippen LogP contribution in [0.1, 0.15) is 142 Å². The number of carbonyl (C=O) groups excluding carboxylic acids is 2. The molecule has 0 aromatic carbocycles. The summed E-state index contributed by atoms with van der Waals surface area (Å²) in [6, 6.07) is 0. The lowest BCUT2D eigenvalue weighted by Gasteiger charge is -2.24. The zero-order chi connectivity index (χ0) is 31.5. The lowest BCUT2D eigenvalue weighted by molar-refractivity contribution is -0.870. The number of unbranched alkanes of at least 4 members (excludes halogenated alkanes) is 16. The van der Waals surface area contributed by atoms with Crippen LogP contribution in [-0.2, 0) is 32.7 Å². The SMILES string of the molecule is CCCCCCCCCCCC(=O)OCC(COP(=O)(O)OCC[N+](C)(C)C)OC(=O)CCCCCCCCCCC. The van der Waals surface area contributed by atoms with E-state index in [9.17, 15) is 19.0 Å². The summed E-state index contributed by atoms with van der Waals surface area (Å²) in [7, 11) is 1.48. The Balaban J connectivity index is 4.51. The van der Waals surface area contributed by atoms with Gasteiger partial charge in [0.1, 0.15) is 19.8 Å². The number of nitrogens with zero attached hydrogens (tertiary/aromatic N) is 1. The monoisotopic (exact) mass is 622 g/mol. The molecule has 10 heteroatoms. The summed E-state index contributed by atoms with van der Waals surface area (Å²) in [6.07, 6.45) is 20.2. The first kappa shape index (κ1) is 41.0. The highest BCUT2D eigenvalue weighted by Gasteiger charge is 2.27. The topological polar surface area (TPSA) is 108 Å². The Hall–Kier alpha value is -0.990. The van der Waals surface area contributed by atoms with Gasteiger partial charge in [-0.05, 0) is 12.8 Å². The highest BCUT2D eigenvalue weighted by molar-refractivity contribution is 7.47. The third kappa shape index (κ3) is 29.1. The zero-order valence-electron chi connectivity index (χ0n) is 27.7. The van der Waals surface area contributed by atoms with Crippen molar-refractivity contribution in [1.29, 1.82) is 0 Å². The molecular weight excluding hydrogens is 557 g/mol. The van der Waals surface area contributed by atoms with Crippen molar-refractivity contribution in [3.63, 3.8) is 0 Å². The van der Waals surface area contributed by atoms with Gasteiger partial charge in [0.25, 0.3) is 0 Å². The van der Waals surface area contributed by atoms with Crippen molar-refractivity contribution in [1.82, 2.24) is 0 Å². The van der Waals surface area contributed by atoms with Crippen molar-refractivity contribution in [2.75, 3.05) is 47.5 Å². The smallest absolute Gasteiger partial charge is 0.462 e. The second kappa shape index (κ2) is 26.4. The minimum atomic E-state index is -4.35. The fraction of sp³-hybridized carbons (Fsp3) is 0.938. The molecule has 1 N–H and O–H groups in total. The average molecular weight is 623 g/mol. The number of quaternary nitrogens is 1. The summed E-state index contributed by atoms with van der Waals surface area (Å²) in [6.45, 7) is 4.36. The van der Waals surface area contributed by atoms with Crippen molar-refractivity contribution in [2.24, 2.45) is 0 Å². The minimum Gasteiger partial charge on any atom is -0.462 e. The Labute approximate surface area is 257 Å². The van der Waals surface area contributed by atoms with Crippen molar-refractivity contribution >= 4 is 19.8 Å². The van der Waals surface area contributed by atoms with Gasteiger partial charge in [0.2, 0.25) is 0 Å². The maximum absolute atomic E-state index is 12.5. The van der Waals surface area contributed by atoms with E-state index in [1.807, 2.05) is 21.1 Å². The Morgan fingerprint density at radius 3 is 1.52 bits per heavy atom. The lowest BCUT2D eigenvalue weighted by atomic mass is 10.1. The number of likely N-dealkylation sites (N-methyl/N-ethyl adjacent to an activating group) is 1. The van der Waals surface area contributed by atoms with Crippen LogP contribution in [0.4, 0.5) is 0 Å². The number of hydrogen-bond acceptors (Lipinski definition) is 7. The van der Waals surface area contributed by atoms with E-state index >= 15 is 0 Å². The molecule has 0 aliphatic rings.